The molecule has 386 valence electrons. The van der Waals surface area contributed by atoms with E-state index in [9.17, 15) is 19.2 Å². The zero-order valence-corrected chi connectivity index (χ0v) is 44.4. The van der Waals surface area contributed by atoms with Gasteiger partial charge in [-0.25, -0.2) is 0 Å². The Morgan fingerprint density at radius 2 is 1.31 bits per heavy atom. The van der Waals surface area contributed by atoms with Crippen LogP contribution in [-0.4, -0.2) is 80.5 Å². The summed E-state index contributed by atoms with van der Waals surface area (Å²) >= 11 is 0. The topological polar surface area (TPSA) is 133 Å². The molecule has 2 bridgehead atoms. The van der Waals surface area contributed by atoms with Crippen LogP contribution in [0, 0.1) is 23.7 Å². The number of anilines is 1. The first-order valence-electron chi connectivity index (χ1n) is 26.8. The monoisotopic (exact) mass is 1010 g/mol. The van der Waals surface area contributed by atoms with Gasteiger partial charge in [-0.15, -0.1) is 5.10 Å². The van der Waals surface area contributed by atoms with Crippen molar-refractivity contribution in [3.8, 4) is 0 Å². The fourth-order valence-corrected chi connectivity index (χ4v) is 12.8. The zero-order valence-electron chi connectivity index (χ0n) is 43.7. The van der Waals surface area contributed by atoms with Gasteiger partial charge in [0.1, 0.15) is 12.7 Å². The summed E-state index contributed by atoms with van der Waals surface area (Å²) in [6.45, 7) is 12.1. The van der Waals surface area contributed by atoms with Crippen LogP contribution in [0.5, 0.6) is 0 Å². The Morgan fingerprint density at radius 3 is 2.00 bits per heavy atom. The van der Waals surface area contributed by atoms with Crippen LogP contribution in [0.2, 0.25) is 0 Å². The summed E-state index contributed by atoms with van der Waals surface area (Å²) in [6, 6.07) is 26.4. The lowest BCUT2D eigenvalue weighted by atomic mass is 9.79. The van der Waals surface area contributed by atoms with E-state index in [1.165, 1.54) is 60.4 Å². The number of hydrogen-bond donors (Lipinski definition) is 2. The van der Waals surface area contributed by atoms with Crippen LogP contribution >= 0.6 is 0 Å². The van der Waals surface area contributed by atoms with Gasteiger partial charge in [-0.2, -0.15) is 4.58 Å². The van der Waals surface area contributed by atoms with E-state index >= 15 is 0 Å². The highest BCUT2D eigenvalue weighted by Gasteiger charge is 2.59. The van der Waals surface area contributed by atoms with Crippen LogP contribution < -0.4 is 27.9 Å². The van der Waals surface area contributed by atoms with Gasteiger partial charge < -0.3 is 27.9 Å². The standard InChI is InChI=1S/C61H70N8O4.ClH/c1-60(2)50(66(5)48-32-30-41-20-13-15-22-46(41)56(48)60)24-9-6-10-25-51-61(3,4)57-47-23-16-14-21-42(47)31-33-49(57)68(51)36-17-7-11-26-52(70)62-34-19-35-67-40-45(64-65-67)39-63-53(71)27-12-8-18-37-69-58(72)54-43-28-29-44(38-43)55(54)59(69)73;/h6,9-10,13-16,20-25,28-33,40,43-44,54-55H,7-8,11-12,17-19,26-27,34-39H2,1-5H3,(H-,62,63,70,71);1H. The second-order valence-corrected chi connectivity index (χ2v) is 21.9. The molecule has 5 aromatic rings. The number of carbonyl (C=O) groups is 4. The summed E-state index contributed by atoms with van der Waals surface area (Å²) < 4.78 is 4.08. The SMILES string of the molecule is C[N+]1=C(/C=C/C=C/C=C2/N(CCCCCC(=O)NCCCn3cc(CNC(=O)CCCCCN4C(=O)C5C6C=CC(C6)C5C4=O)nn3)c3ccc4ccccc4c3C2(C)C)C(C)(C)c2c1ccc1ccccc21.[Cl-]. The minimum atomic E-state index is -0.207. The van der Waals surface area contributed by atoms with Crippen LogP contribution in [0.3, 0.4) is 0 Å². The average molecular weight is 1020 g/mol. The van der Waals surface area contributed by atoms with Crippen LogP contribution in [0.1, 0.15) is 109 Å². The normalized spacial score (nSPS) is 21.5. The Labute approximate surface area is 442 Å². The molecule has 4 amide bonds. The minimum Gasteiger partial charge on any atom is -1.00 e. The van der Waals surface area contributed by atoms with Crippen molar-refractivity contribution in [3.63, 3.8) is 0 Å². The van der Waals surface area contributed by atoms with Crippen molar-refractivity contribution in [2.24, 2.45) is 23.7 Å². The van der Waals surface area contributed by atoms with Gasteiger partial charge in [-0.1, -0.05) is 117 Å². The fraction of sp³-hybridized carbons (Fsp3) is 0.426. The van der Waals surface area contributed by atoms with E-state index in [2.05, 4.69) is 180 Å². The van der Waals surface area contributed by atoms with Gasteiger partial charge in [0.05, 0.1) is 30.0 Å². The largest absolute Gasteiger partial charge is 1.00 e. The van der Waals surface area contributed by atoms with E-state index in [-0.39, 0.29) is 70.5 Å². The van der Waals surface area contributed by atoms with Crippen LogP contribution in [0.15, 0.2) is 127 Å². The molecule has 2 N–H and O–H groups in total. The average Bonchev–Trinajstić information content (AvgIpc) is 4.24. The zero-order chi connectivity index (χ0) is 50.9. The van der Waals surface area contributed by atoms with Crippen LogP contribution in [0.25, 0.3) is 21.5 Å². The number of imide groups is 1. The van der Waals surface area contributed by atoms with Gasteiger partial charge >= 0.3 is 0 Å². The molecule has 74 heavy (non-hydrogen) atoms. The fourth-order valence-electron chi connectivity index (χ4n) is 12.8. The van der Waals surface area contributed by atoms with Gasteiger partial charge in [0.25, 0.3) is 0 Å². The Kier molecular flexibility index (Phi) is 15.6. The van der Waals surface area contributed by atoms with Gasteiger partial charge in [-0.3, -0.25) is 28.8 Å². The number of amides is 4. The van der Waals surface area contributed by atoms with E-state index in [1.54, 1.807) is 4.68 Å². The molecule has 12 nitrogen and oxygen atoms in total. The highest BCUT2D eigenvalue weighted by Crippen LogP contribution is 2.53. The number of likely N-dealkylation sites (tertiary alicyclic amines) is 1. The molecule has 13 heteroatoms. The van der Waals surface area contributed by atoms with Crippen molar-refractivity contribution in [1.29, 1.82) is 0 Å². The third kappa shape index (κ3) is 10.1. The van der Waals surface area contributed by atoms with Crippen molar-refractivity contribution < 1.29 is 36.2 Å². The Balaban J connectivity index is 0.00000672. The third-order valence-corrected chi connectivity index (χ3v) is 16.5. The highest BCUT2D eigenvalue weighted by atomic mass is 35.5. The van der Waals surface area contributed by atoms with Crippen molar-refractivity contribution in [1.82, 2.24) is 30.5 Å². The van der Waals surface area contributed by atoms with Crippen molar-refractivity contribution >= 4 is 62.3 Å². The number of halogens is 1. The summed E-state index contributed by atoms with van der Waals surface area (Å²) in [5, 5.41) is 19.6. The van der Waals surface area contributed by atoms with E-state index in [0.29, 0.717) is 64.0 Å². The molecular weight excluding hydrogens is 944 g/mol. The van der Waals surface area contributed by atoms with E-state index < -0.39 is 0 Å². The number of aryl methyl sites for hydroxylation is 1. The minimum absolute atomic E-state index is 0. The number of rotatable bonds is 21. The molecule has 0 radical (unpaired) electrons. The number of unbranched alkanes of at least 4 members (excludes halogenated alkanes) is 4. The number of allylic oxidation sites excluding steroid dienone is 8. The number of carbonyl (C=O) groups excluding carboxylic acids is 4. The van der Waals surface area contributed by atoms with Gasteiger partial charge in [0.15, 0.2) is 5.71 Å². The number of aromatic nitrogens is 3. The maximum atomic E-state index is 12.9. The van der Waals surface area contributed by atoms with Gasteiger partial charge in [0, 0.05) is 73.5 Å². The molecule has 0 spiro atoms. The Hall–Kier alpha value is -6.66. The Morgan fingerprint density at radius 1 is 0.689 bits per heavy atom. The summed E-state index contributed by atoms with van der Waals surface area (Å²) in [5.74, 6) is 0.145. The second-order valence-electron chi connectivity index (χ2n) is 21.9. The summed E-state index contributed by atoms with van der Waals surface area (Å²) in [4.78, 5) is 55.2. The van der Waals surface area contributed by atoms with Crippen LogP contribution in [-0.2, 0) is 43.1 Å². The van der Waals surface area contributed by atoms with Gasteiger partial charge in [0.2, 0.25) is 29.3 Å². The first kappa shape index (κ1) is 52.2. The predicted octanol–water partition coefficient (Wildman–Crippen LogP) is 7.14. The third-order valence-electron chi connectivity index (χ3n) is 16.5. The van der Waals surface area contributed by atoms with Gasteiger partial charge in [-0.05, 0) is 110 Å². The summed E-state index contributed by atoms with van der Waals surface area (Å²) in [6.07, 6.45) is 24.5. The molecule has 2 fully saturated rings. The maximum Gasteiger partial charge on any atom is 0.233 e. The lowest BCUT2D eigenvalue weighted by Crippen LogP contribution is -3.00. The molecule has 5 aliphatic rings. The lowest BCUT2D eigenvalue weighted by molar-refractivity contribution is -0.401. The molecule has 1 saturated heterocycles. The molecule has 4 heterocycles. The number of benzene rings is 4. The van der Waals surface area contributed by atoms with E-state index in [1.807, 2.05) is 6.20 Å². The number of hydrogen-bond acceptors (Lipinski definition) is 7. The second kappa shape index (κ2) is 22.0. The van der Waals surface area contributed by atoms with E-state index in [0.717, 1.165) is 38.6 Å². The van der Waals surface area contributed by atoms with Crippen molar-refractivity contribution in [2.75, 3.05) is 31.6 Å². The van der Waals surface area contributed by atoms with Crippen LogP contribution in [0.4, 0.5) is 11.4 Å². The first-order chi connectivity index (χ1) is 35.3. The molecule has 10 rings (SSSR count). The number of nitrogens with one attached hydrogen (secondary N) is 2. The molecule has 1 aromatic heterocycles. The van der Waals surface area contributed by atoms with E-state index in [4.69, 9.17) is 0 Å². The molecular formula is C61H71ClN8O4. The summed E-state index contributed by atoms with van der Waals surface area (Å²) in [7, 11) is 2.18. The Bertz CT molecular complexity index is 3090. The quantitative estimate of drug-likeness (QED) is 0.0263. The molecule has 1 saturated carbocycles. The molecule has 3 aliphatic heterocycles. The number of nitrogens with zero attached hydrogens (tertiary/aromatic N) is 6. The molecule has 2 aliphatic carbocycles. The summed E-state index contributed by atoms with van der Waals surface area (Å²) in [5.41, 5.74) is 8.15. The van der Waals surface area contributed by atoms with Crippen molar-refractivity contribution in [3.05, 3.63) is 144 Å². The number of fused-ring (bicyclic) bond motifs is 11. The first-order valence-corrected chi connectivity index (χ1v) is 26.8. The van der Waals surface area contributed by atoms with Crippen molar-refractivity contribution in [2.45, 2.75) is 116 Å². The molecule has 4 atom stereocenters. The smallest absolute Gasteiger partial charge is 0.233 e. The molecule has 4 unspecified atom stereocenters. The maximum absolute atomic E-state index is 12.9. The highest BCUT2D eigenvalue weighted by molar-refractivity contribution is 6.08. The lowest BCUT2D eigenvalue weighted by Gasteiger charge is -2.27. The predicted molar refractivity (Wildman–Crippen MR) is 289 cm³/mol. The molecule has 4 aromatic carbocycles.